The Labute approximate surface area is 165 Å². The average molecular weight is 371 g/mol. The predicted molar refractivity (Wildman–Crippen MR) is 115 cm³/mol. The number of aliphatic imine (C=N–C) groups is 2. The van der Waals surface area contributed by atoms with Crippen LogP contribution in [0, 0.1) is 0 Å². The standard InChI is InChI=1S/C23H25N5/c1-2-7-18-8-3-4-9-19(18)11-12-21-17-26-23-14-13-22(27-28(21)23)25-16-20-10-5-6-15-24-20/h3-11,13-15,21H,2,12,16-17H2,1H3,(H,25,27)/b18-7-,19-11-. The fourth-order valence-electron chi connectivity index (χ4n) is 3.43. The van der Waals surface area contributed by atoms with Crippen molar-refractivity contribution in [1.29, 1.82) is 0 Å². The van der Waals surface area contributed by atoms with Gasteiger partial charge in [-0.05, 0) is 47.6 Å². The fraction of sp³-hybridized carbons (Fsp3) is 0.261. The summed E-state index contributed by atoms with van der Waals surface area (Å²) in [7, 11) is 0. The van der Waals surface area contributed by atoms with E-state index in [1.807, 2.05) is 30.4 Å². The number of nitrogens with one attached hydrogen (secondary N) is 1. The van der Waals surface area contributed by atoms with Gasteiger partial charge < -0.3 is 0 Å². The van der Waals surface area contributed by atoms with Crippen LogP contribution in [0.1, 0.15) is 25.5 Å². The van der Waals surface area contributed by atoms with Crippen LogP contribution in [0.3, 0.4) is 0 Å². The summed E-state index contributed by atoms with van der Waals surface area (Å²) in [5.41, 5.74) is 4.38. The number of nitrogens with zero attached hydrogens (tertiary/aromatic N) is 4. The Morgan fingerprint density at radius 2 is 1.93 bits per heavy atom. The molecule has 0 radical (unpaired) electrons. The predicted octanol–water partition coefficient (Wildman–Crippen LogP) is 2.20. The van der Waals surface area contributed by atoms with Crippen molar-refractivity contribution in [2.24, 2.45) is 9.98 Å². The highest BCUT2D eigenvalue weighted by molar-refractivity contribution is 6.06. The second-order valence-corrected chi connectivity index (χ2v) is 6.87. The number of benzene rings is 1. The van der Waals surface area contributed by atoms with E-state index in [4.69, 9.17) is 0 Å². The molecule has 2 aromatic rings. The lowest BCUT2D eigenvalue weighted by Crippen LogP contribution is -2.50. The zero-order chi connectivity index (χ0) is 19.2. The van der Waals surface area contributed by atoms with Crippen molar-refractivity contribution in [1.82, 2.24) is 15.4 Å². The van der Waals surface area contributed by atoms with Crippen molar-refractivity contribution in [3.63, 3.8) is 0 Å². The third-order valence-electron chi connectivity index (χ3n) is 4.87. The van der Waals surface area contributed by atoms with Crippen LogP contribution in [0.5, 0.6) is 0 Å². The smallest absolute Gasteiger partial charge is 0.142 e. The van der Waals surface area contributed by atoms with Crippen LogP contribution in [0.25, 0.3) is 12.2 Å². The number of amidine groups is 2. The number of aromatic nitrogens is 1. The minimum atomic E-state index is 0.287. The van der Waals surface area contributed by atoms with E-state index < -0.39 is 0 Å². The van der Waals surface area contributed by atoms with E-state index in [9.17, 15) is 0 Å². The topological polar surface area (TPSA) is 52.9 Å². The Hall–Kier alpha value is -3.21. The van der Waals surface area contributed by atoms with Gasteiger partial charge in [-0.2, -0.15) is 0 Å². The average Bonchev–Trinajstić information content (AvgIpc) is 3.15. The number of hydrazine groups is 1. The third kappa shape index (κ3) is 4.19. The Balaban J connectivity index is 1.47. The molecule has 5 nitrogen and oxygen atoms in total. The van der Waals surface area contributed by atoms with Gasteiger partial charge in [0.05, 0.1) is 24.8 Å². The first-order valence-electron chi connectivity index (χ1n) is 9.81. The van der Waals surface area contributed by atoms with Crippen LogP contribution in [0.4, 0.5) is 0 Å². The molecule has 0 aliphatic carbocycles. The summed E-state index contributed by atoms with van der Waals surface area (Å²) < 4.78 is 0. The quantitative estimate of drug-likeness (QED) is 0.877. The van der Waals surface area contributed by atoms with E-state index in [2.05, 4.69) is 68.7 Å². The van der Waals surface area contributed by atoms with Crippen molar-refractivity contribution < 1.29 is 0 Å². The van der Waals surface area contributed by atoms with Crippen molar-refractivity contribution in [3.05, 3.63) is 76.9 Å². The maximum atomic E-state index is 4.66. The van der Waals surface area contributed by atoms with E-state index >= 15 is 0 Å². The van der Waals surface area contributed by atoms with Gasteiger partial charge in [-0.25, -0.2) is 0 Å². The molecule has 0 amide bonds. The molecule has 0 saturated heterocycles. The molecule has 1 unspecified atom stereocenters. The molecule has 1 N–H and O–H groups in total. The van der Waals surface area contributed by atoms with Gasteiger partial charge in [-0.3, -0.25) is 25.4 Å². The van der Waals surface area contributed by atoms with Crippen LogP contribution in [0.15, 0.2) is 70.8 Å². The molecule has 0 saturated carbocycles. The van der Waals surface area contributed by atoms with Crippen LogP contribution in [-0.2, 0) is 6.54 Å². The minimum Gasteiger partial charge on any atom is -0.280 e. The molecule has 1 aromatic carbocycles. The molecule has 0 fully saturated rings. The number of rotatable bonds is 5. The van der Waals surface area contributed by atoms with Gasteiger partial charge in [0.1, 0.15) is 11.7 Å². The number of hydrogen-bond donors (Lipinski definition) is 1. The van der Waals surface area contributed by atoms with Crippen LogP contribution in [-0.4, -0.2) is 34.3 Å². The van der Waals surface area contributed by atoms with Gasteiger partial charge in [0.25, 0.3) is 0 Å². The van der Waals surface area contributed by atoms with Crippen molar-refractivity contribution in [3.8, 4) is 0 Å². The highest BCUT2D eigenvalue weighted by Gasteiger charge is 2.28. The Kier molecular flexibility index (Phi) is 5.61. The molecule has 0 spiro atoms. The van der Waals surface area contributed by atoms with E-state index in [1.165, 1.54) is 10.4 Å². The molecule has 0 bridgehead atoms. The Bertz CT molecular complexity index is 1020. The highest BCUT2D eigenvalue weighted by Crippen LogP contribution is 2.15. The van der Waals surface area contributed by atoms with Gasteiger partial charge in [-0.15, -0.1) is 0 Å². The zero-order valence-corrected chi connectivity index (χ0v) is 16.1. The lowest BCUT2D eigenvalue weighted by molar-refractivity contribution is 0.310. The monoisotopic (exact) mass is 371 g/mol. The summed E-state index contributed by atoms with van der Waals surface area (Å²) in [6.07, 6.45) is 12.4. The van der Waals surface area contributed by atoms with Gasteiger partial charge in [-0.1, -0.05) is 49.4 Å². The van der Waals surface area contributed by atoms with Crippen LogP contribution in [0.2, 0.25) is 0 Å². The largest absolute Gasteiger partial charge is 0.280 e. The summed E-state index contributed by atoms with van der Waals surface area (Å²) in [4.78, 5) is 13.6. The third-order valence-corrected chi connectivity index (χ3v) is 4.87. The summed E-state index contributed by atoms with van der Waals surface area (Å²) in [6, 6.07) is 14.7. The van der Waals surface area contributed by atoms with Gasteiger partial charge in [0.15, 0.2) is 0 Å². The molecular formula is C23H25N5. The Morgan fingerprint density at radius 1 is 1.11 bits per heavy atom. The molecule has 2 aliphatic rings. The number of fused-ring (bicyclic) bond motifs is 1. The Morgan fingerprint density at radius 3 is 2.71 bits per heavy atom. The molecule has 5 heteroatoms. The molecule has 142 valence electrons. The summed E-state index contributed by atoms with van der Waals surface area (Å²) in [5, 5.41) is 4.72. The van der Waals surface area contributed by atoms with E-state index in [0.717, 1.165) is 36.8 Å². The minimum absolute atomic E-state index is 0.287. The van der Waals surface area contributed by atoms with Crippen LogP contribution < -0.4 is 15.9 Å². The summed E-state index contributed by atoms with van der Waals surface area (Å²) in [6.45, 7) is 3.52. The second-order valence-electron chi connectivity index (χ2n) is 6.87. The van der Waals surface area contributed by atoms with Gasteiger partial charge in [0.2, 0.25) is 0 Å². The lowest BCUT2D eigenvalue weighted by atomic mass is 10.1. The molecule has 2 aliphatic heterocycles. The maximum Gasteiger partial charge on any atom is 0.142 e. The van der Waals surface area contributed by atoms with Crippen LogP contribution >= 0.6 is 0 Å². The summed E-state index contributed by atoms with van der Waals surface area (Å²) >= 11 is 0. The van der Waals surface area contributed by atoms with Crippen molar-refractivity contribution in [2.45, 2.75) is 32.4 Å². The first kappa shape index (κ1) is 18.2. The number of hydrogen-bond acceptors (Lipinski definition) is 4. The van der Waals surface area contributed by atoms with Crippen molar-refractivity contribution >= 4 is 23.8 Å². The van der Waals surface area contributed by atoms with Crippen molar-refractivity contribution in [2.75, 3.05) is 6.54 Å². The molecule has 1 aromatic heterocycles. The van der Waals surface area contributed by atoms with Gasteiger partial charge in [0, 0.05) is 6.20 Å². The molecule has 4 rings (SSSR count). The highest BCUT2D eigenvalue weighted by atomic mass is 15.6. The normalized spacial score (nSPS) is 21.0. The fourth-order valence-corrected chi connectivity index (χ4v) is 3.43. The second kappa shape index (κ2) is 8.65. The lowest BCUT2D eigenvalue weighted by Gasteiger charge is -2.30. The van der Waals surface area contributed by atoms with E-state index in [0.29, 0.717) is 6.54 Å². The first-order valence-corrected chi connectivity index (χ1v) is 9.81. The maximum absolute atomic E-state index is 4.66. The van der Waals surface area contributed by atoms with E-state index in [-0.39, 0.29) is 6.04 Å². The van der Waals surface area contributed by atoms with E-state index in [1.54, 1.807) is 6.20 Å². The molecular weight excluding hydrogens is 346 g/mol. The first-order chi connectivity index (χ1) is 13.8. The molecule has 3 heterocycles. The zero-order valence-electron chi connectivity index (χ0n) is 16.1. The molecule has 28 heavy (non-hydrogen) atoms. The SMILES string of the molecule is CC/C=c1/cccc/c1=C/CC1CN=C2C=CC(=NCc3ccccn3)NN21. The van der Waals surface area contributed by atoms with Gasteiger partial charge >= 0.3 is 0 Å². The number of pyridine rings is 1. The molecule has 1 atom stereocenters. The summed E-state index contributed by atoms with van der Waals surface area (Å²) in [5.74, 6) is 1.82.